The third-order valence-corrected chi connectivity index (χ3v) is 6.69. The zero-order valence-corrected chi connectivity index (χ0v) is 19.7. The van der Waals surface area contributed by atoms with Crippen molar-refractivity contribution in [3.8, 4) is 17.2 Å². The Bertz CT molecular complexity index is 1210. The van der Waals surface area contributed by atoms with Crippen LogP contribution in [0.15, 0.2) is 58.0 Å². The number of fused-ring (bicyclic) bond motifs is 1. The molecule has 0 N–H and O–H groups in total. The number of hydrogen-bond acceptors (Lipinski definition) is 8. The van der Waals surface area contributed by atoms with Gasteiger partial charge >= 0.3 is 0 Å². The van der Waals surface area contributed by atoms with Gasteiger partial charge in [-0.2, -0.15) is 0 Å². The van der Waals surface area contributed by atoms with Crippen molar-refractivity contribution in [3.63, 3.8) is 0 Å². The fourth-order valence-corrected chi connectivity index (χ4v) is 4.96. The zero-order chi connectivity index (χ0) is 22.7. The van der Waals surface area contributed by atoms with Crippen molar-refractivity contribution in [2.24, 2.45) is 0 Å². The number of anilines is 1. The van der Waals surface area contributed by atoms with E-state index in [1.807, 2.05) is 30.5 Å². The van der Waals surface area contributed by atoms with Crippen LogP contribution in [-0.4, -0.2) is 38.5 Å². The molecule has 9 heteroatoms. The molecular formula is C23H22N2O5S2. The lowest BCUT2D eigenvalue weighted by atomic mass is 10.1. The van der Waals surface area contributed by atoms with Gasteiger partial charge in [-0.25, -0.2) is 4.98 Å². The maximum Gasteiger partial charge on any atom is 0.260 e. The molecule has 0 saturated carbocycles. The summed E-state index contributed by atoms with van der Waals surface area (Å²) in [6, 6.07) is 12.9. The highest BCUT2D eigenvalue weighted by Crippen LogP contribution is 2.40. The van der Waals surface area contributed by atoms with Gasteiger partial charge < -0.3 is 18.6 Å². The van der Waals surface area contributed by atoms with E-state index in [0.29, 0.717) is 33.7 Å². The van der Waals surface area contributed by atoms with E-state index in [1.54, 1.807) is 41.1 Å². The van der Waals surface area contributed by atoms with Gasteiger partial charge in [0.05, 0.1) is 44.4 Å². The number of furan rings is 1. The normalized spacial score (nSPS) is 10.9. The molecule has 4 rings (SSSR count). The standard InChI is InChI=1S/C23H22N2O5S2/c1-27-16-11-14(12-17(28-2)21(16)29-3)22(26)25(13-15-7-6-10-30-15)23-24-20-18(31-4)8-5-9-19(20)32-23/h5-12H,13H2,1-4H3. The summed E-state index contributed by atoms with van der Waals surface area (Å²) in [7, 11) is 4.56. The number of para-hydroxylation sites is 1. The van der Waals surface area contributed by atoms with Gasteiger partial charge in [-0.3, -0.25) is 9.69 Å². The molecule has 2 aromatic carbocycles. The fraction of sp³-hybridized carbons (Fsp3) is 0.217. The largest absolute Gasteiger partial charge is 0.493 e. The van der Waals surface area contributed by atoms with Gasteiger partial charge in [-0.15, -0.1) is 11.8 Å². The first-order valence-corrected chi connectivity index (χ1v) is 11.7. The second-order valence-corrected chi connectivity index (χ2v) is 8.55. The Kier molecular flexibility index (Phi) is 6.57. The number of carbonyl (C=O) groups is 1. The molecular weight excluding hydrogens is 448 g/mol. The van der Waals surface area contributed by atoms with E-state index in [2.05, 4.69) is 0 Å². The van der Waals surface area contributed by atoms with Crippen molar-refractivity contribution in [1.82, 2.24) is 4.98 Å². The minimum Gasteiger partial charge on any atom is -0.493 e. The monoisotopic (exact) mass is 470 g/mol. The number of thiazole rings is 1. The molecule has 0 saturated heterocycles. The van der Waals surface area contributed by atoms with Crippen molar-refractivity contribution >= 4 is 44.4 Å². The van der Waals surface area contributed by atoms with Crippen LogP contribution in [0, 0.1) is 0 Å². The molecule has 0 aliphatic carbocycles. The van der Waals surface area contributed by atoms with Gasteiger partial charge in [0.2, 0.25) is 5.75 Å². The lowest BCUT2D eigenvalue weighted by Gasteiger charge is -2.20. The topological polar surface area (TPSA) is 74.0 Å². The van der Waals surface area contributed by atoms with E-state index in [4.69, 9.17) is 23.6 Å². The van der Waals surface area contributed by atoms with Crippen LogP contribution < -0.4 is 19.1 Å². The van der Waals surface area contributed by atoms with Crippen molar-refractivity contribution in [2.75, 3.05) is 32.5 Å². The molecule has 0 aliphatic rings. The summed E-state index contributed by atoms with van der Waals surface area (Å²) in [6.07, 6.45) is 3.59. The van der Waals surface area contributed by atoms with Gasteiger partial charge in [-0.05, 0) is 42.7 Å². The molecule has 0 atom stereocenters. The van der Waals surface area contributed by atoms with Crippen LogP contribution in [0.25, 0.3) is 10.2 Å². The molecule has 32 heavy (non-hydrogen) atoms. The lowest BCUT2D eigenvalue weighted by molar-refractivity contribution is 0.0982. The average Bonchev–Trinajstić information content (AvgIpc) is 3.50. The Morgan fingerprint density at radius 3 is 2.44 bits per heavy atom. The molecule has 0 radical (unpaired) electrons. The predicted octanol–water partition coefficient (Wildman–Crippen LogP) is 5.48. The van der Waals surface area contributed by atoms with Crippen LogP contribution in [0.2, 0.25) is 0 Å². The second-order valence-electron chi connectivity index (χ2n) is 6.69. The smallest absolute Gasteiger partial charge is 0.260 e. The molecule has 0 unspecified atom stereocenters. The Morgan fingerprint density at radius 2 is 1.84 bits per heavy atom. The minimum atomic E-state index is -0.259. The summed E-state index contributed by atoms with van der Waals surface area (Å²) in [4.78, 5) is 21.2. The summed E-state index contributed by atoms with van der Waals surface area (Å²) in [5.74, 6) is 1.62. The van der Waals surface area contributed by atoms with Crippen molar-refractivity contribution in [1.29, 1.82) is 0 Å². The highest BCUT2D eigenvalue weighted by molar-refractivity contribution is 7.98. The highest BCUT2D eigenvalue weighted by atomic mass is 32.2. The highest BCUT2D eigenvalue weighted by Gasteiger charge is 2.26. The van der Waals surface area contributed by atoms with Gasteiger partial charge in [0, 0.05) is 10.5 Å². The number of thioether (sulfide) groups is 1. The molecule has 0 spiro atoms. The maximum absolute atomic E-state index is 13.7. The lowest BCUT2D eigenvalue weighted by Crippen LogP contribution is -2.30. The number of amides is 1. The molecule has 0 aliphatic heterocycles. The number of nitrogens with zero attached hydrogens (tertiary/aromatic N) is 2. The maximum atomic E-state index is 13.7. The first-order valence-electron chi connectivity index (χ1n) is 9.67. The van der Waals surface area contributed by atoms with Gasteiger partial charge in [0.15, 0.2) is 16.6 Å². The van der Waals surface area contributed by atoms with Crippen LogP contribution in [-0.2, 0) is 6.54 Å². The number of ether oxygens (including phenoxy) is 3. The van der Waals surface area contributed by atoms with Crippen molar-refractivity contribution in [3.05, 3.63) is 60.1 Å². The van der Waals surface area contributed by atoms with E-state index >= 15 is 0 Å². The third kappa shape index (κ3) is 4.13. The number of hydrogen-bond donors (Lipinski definition) is 0. The summed E-state index contributed by atoms with van der Waals surface area (Å²) in [5.41, 5.74) is 1.26. The Morgan fingerprint density at radius 1 is 1.09 bits per heavy atom. The molecule has 1 amide bonds. The predicted molar refractivity (Wildman–Crippen MR) is 127 cm³/mol. The Hall–Kier alpha value is -3.17. The Labute approximate surface area is 193 Å². The van der Waals surface area contributed by atoms with E-state index in [0.717, 1.165) is 15.1 Å². The first kappa shape index (κ1) is 22.0. The number of rotatable bonds is 8. The van der Waals surface area contributed by atoms with Crippen LogP contribution in [0.1, 0.15) is 16.1 Å². The molecule has 7 nitrogen and oxygen atoms in total. The molecule has 0 fully saturated rings. The summed E-state index contributed by atoms with van der Waals surface area (Å²) in [5, 5.41) is 0.580. The van der Waals surface area contributed by atoms with Crippen LogP contribution in [0.4, 0.5) is 5.13 Å². The zero-order valence-electron chi connectivity index (χ0n) is 18.1. The van der Waals surface area contributed by atoms with Gasteiger partial charge in [0.1, 0.15) is 5.76 Å². The molecule has 4 aromatic rings. The number of aromatic nitrogens is 1. The Balaban J connectivity index is 1.82. The van der Waals surface area contributed by atoms with Gasteiger partial charge in [-0.1, -0.05) is 17.4 Å². The third-order valence-electron chi connectivity index (χ3n) is 4.87. The second kappa shape index (κ2) is 9.54. The van der Waals surface area contributed by atoms with Crippen LogP contribution in [0.3, 0.4) is 0 Å². The van der Waals surface area contributed by atoms with Crippen molar-refractivity contribution in [2.45, 2.75) is 11.4 Å². The number of benzene rings is 2. The summed E-state index contributed by atoms with van der Waals surface area (Å²) in [6.45, 7) is 0.233. The number of methoxy groups -OCH3 is 3. The number of carbonyl (C=O) groups excluding carboxylic acids is 1. The van der Waals surface area contributed by atoms with E-state index in [9.17, 15) is 4.79 Å². The van der Waals surface area contributed by atoms with E-state index < -0.39 is 0 Å². The minimum absolute atomic E-state index is 0.233. The van der Waals surface area contributed by atoms with E-state index in [1.165, 1.54) is 32.7 Å². The summed E-state index contributed by atoms with van der Waals surface area (Å²) < 4.78 is 22.8. The quantitative estimate of drug-likeness (QED) is 0.316. The first-order chi connectivity index (χ1) is 15.6. The molecule has 166 valence electrons. The molecule has 2 heterocycles. The summed E-state index contributed by atoms with van der Waals surface area (Å²) >= 11 is 3.08. The van der Waals surface area contributed by atoms with Crippen molar-refractivity contribution < 1.29 is 23.4 Å². The molecule has 2 aromatic heterocycles. The average molecular weight is 471 g/mol. The van der Waals surface area contributed by atoms with Gasteiger partial charge in [0.25, 0.3) is 5.91 Å². The van der Waals surface area contributed by atoms with Crippen LogP contribution in [0.5, 0.6) is 17.2 Å². The van der Waals surface area contributed by atoms with E-state index in [-0.39, 0.29) is 12.5 Å². The van der Waals surface area contributed by atoms with Crippen LogP contribution >= 0.6 is 23.1 Å². The molecule has 0 bridgehead atoms. The fourth-order valence-electron chi connectivity index (χ4n) is 3.34. The SMILES string of the molecule is COc1cc(C(=O)N(Cc2ccco2)c2nc3c(SC)cccc3s2)cc(OC)c1OC.